The van der Waals surface area contributed by atoms with Gasteiger partial charge in [-0.15, -0.1) is 22.7 Å². The Bertz CT molecular complexity index is 641. The zero-order valence-corrected chi connectivity index (χ0v) is 10.5. The Morgan fingerprint density at radius 2 is 1.67 bits per heavy atom. The van der Waals surface area contributed by atoms with Crippen molar-refractivity contribution in [2.24, 2.45) is 0 Å². The molecule has 0 atom stereocenters. The molecule has 0 aliphatic rings. The van der Waals surface area contributed by atoms with Gasteiger partial charge in [-0.25, -0.2) is 0 Å². The summed E-state index contributed by atoms with van der Waals surface area (Å²) in [5.41, 5.74) is 1.04. The first-order valence-corrected chi connectivity index (χ1v) is 6.27. The minimum absolute atomic E-state index is 0.475. The van der Waals surface area contributed by atoms with E-state index in [0.717, 1.165) is 0 Å². The number of thiophene rings is 2. The Morgan fingerprint density at radius 3 is 2.06 bits per heavy atom. The highest BCUT2D eigenvalue weighted by molar-refractivity contribution is 7.11. The van der Waals surface area contributed by atoms with Crippen LogP contribution in [0, 0.1) is 45.3 Å². The maximum absolute atomic E-state index is 8.35. The van der Waals surface area contributed by atoms with Gasteiger partial charge in [0.05, 0.1) is 11.1 Å². The molecule has 2 heterocycles. The predicted octanol–water partition coefficient (Wildman–Crippen LogP) is 2.98. The lowest BCUT2D eigenvalue weighted by Gasteiger charge is -1.73. The molecule has 6 heteroatoms. The Balaban J connectivity index is 0.000000180. The highest BCUT2D eigenvalue weighted by atomic mass is 32.1. The standard InChI is InChI=1S/2C6H2N2S/c7-2-5-1-6(3-8)9-4-5;7-3-5-1-2-9-6(5)4-8/h1,4H;1-2H. The third-order valence-corrected chi connectivity index (χ3v) is 3.38. The van der Waals surface area contributed by atoms with E-state index in [1.807, 2.05) is 24.3 Å². The van der Waals surface area contributed by atoms with Crippen LogP contribution in [0.25, 0.3) is 0 Å². The summed E-state index contributed by atoms with van der Waals surface area (Å²) in [4.78, 5) is 1.09. The van der Waals surface area contributed by atoms with Gasteiger partial charge < -0.3 is 0 Å². The highest BCUT2D eigenvalue weighted by Gasteiger charge is 1.98. The van der Waals surface area contributed by atoms with Crippen molar-refractivity contribution in [2.45, 2.75) is 0 Å². The second kappa shape index (κ2) is 6.84. The van der Waals surface area contributed by atoms with Crippen LogP contribution in [0.15, 0.2) is 22.9 Å². The van der Waals surface area contributed by atoms with Crippen LogP contribution in [0.4, 0.5) is 0 Å². The number of hydrogen-bond acceptors (Lipinski definition) is 6. The van der Waals surface area contributed by atoms with Gasteiger partial charge in [0.2, 0.25) is 0 Å². The summed E-state index contributed by atoms with van der Waals surface area (Å²) in [5, 5.41) is 36.7. The van der Waals surface area contributed by atoms with Gasteiger partial charge in [0.1, 0.15) is 34.0 Å². The minimum Gasteiger partial charge on any atom is -0.192 e. The molecule has 2 aromatic heterocycles. The first-order valence-electron chi connectivity index (χ1n) is 4.51. The van der Waals surface area contributed by atoms with Crippen LogP contribution in [0.3, 0.4) is 0 Å². The van der Waals surface area contributed by atoms with Gasteiger partial charge in [0.25, 0.3) is 0 Å². The maximum atomic E-state index is 8.35. The summed E-state index contributed by atoms with van der Waals surface area (Å²) in [6.45, 7) is 0. The topological polar surface area (TPSA) is 95.2 Å². The lowest BCUT2D eigenvalue weighted by molar-refractivity contribution is 1.48. The SMILES string of the molecule is N#Cc1ccsc1C#N.N#Cc1csc(C#N)c1. The molecule has 84 valence electrons. The Hall–Kier alpha value is -2.64. The van der Waals surface area contributed by atoms with Gasteiger partial charge in [-0.3, -0.25) is 0 Å². The zero-order valence-electron chi connectivity index (χ0n) is 8.91. The van der Waals surface area contributed by atoms with Crippen LogP contribution >= 0.6 is 22.7 Å². The van der Waals surface area contributed by atoms with Crippen molar-refractivity contribution < 1.29 is 0 Å². The van der Waals surface area contributed by atoms with Crippen LogP contribution in [0.5, 0.6) is 0 Å². The van der Waals surface area contributed by atoms with Crippen molar-refractivity contribution in [1.82, 2.24) is 0 Å². The van der Waals surface area contributed by atoms with E-state index in [0.29, 0.717) is 20.9 Å². The quantitative estimate of drug-likeness (QED) is 0.733. The number of nitriles is 4. The van der Waals surface area contributed by atoms with E-state index in [1.165, 1.54) is 22.7 Å². The van der Waals surface area contributed by atoms with E-state index < -0.39 is 0 Å². The molecule has 0 fully saturated rings. The molecule has 0 spiro atoms. The maximum Gasteiger partial charge on any atom is 0.122 e. The van der Waals surface area contributed by atoms with Gasteiger partial charge >= 0.3 is 0 Å². The first-order chi connectivity index (χ1) is 8.74. The van der Waals surface area contributed by atoms with Gasteiger partial charge in [-0.1, -0.05) is 0 Å². The largest absolute Gasteiger partial charge is 0.192 e. The van der Waals surface area contributed by atoms with E-state index >= 15 is 0 Å². The van der Waals surface area contributed by atoms with Gasteiger partial charge in [0, 0.05) is 5.38 Å². The molecule has 0 unspecified atom stereocenters. The minimum atomic E-state index is 0.475. The summed E-state index contributed by atoms with van der Waals surface area (Å²) in [7, 11) is 0. The monoisotopic (exact) mass is 268 g/mol. The molecular formula is C12H4N4S2. The molecule has 0 saturated heterocycles. The third kappa shape index (κ3) is 3.44. The summed E-state index contributed by atoms with van der Waals surface area (Å²) in [6, 6.07) is 10.9. The Morgan fingerprint density at radius 1 is 0.889 bits per heavy atom. The molecule has 0 N–H and O–H groups in total. The van der Waals surface area contributed by atoms with Crippen LogP contribution in [-0.2, 0) is 0 Å². The van der Waals surface area contributed by atoms with Crippen LogP contribution < -0.4 is 0 Å². The normalized spacial score (nSPS) is 7.78. The Labute approximate surface area is 112 Å². The van der Waals surface area contributed by atoms with Gasteiger partial charge in [0.15, 0.2) is 0 Å². The lowest BCUT2D eigenvalue weighted by Crippen LogP contribution is -1.68. The van der Waals surface area contributed by atoms with E-state index in [1.54, 1.807) is 22.9 Å². The molecule has 2 rings (SSSR count). The lowest BCUT2D eigenvalue weighted by atomic mass is 10.3. The highest BCUT2D eigenvalue weighted by Crippen LogP contribution is 2.13. The average Bonchev–Trinajstić information content (AvgIpc) is 3.07. The molecule has 0 amide bonds. The van der Waals surface area contributed by atoms with Crippen molar-refractivity contribution >= 4 is 22.7 Å². The molecular weight excluding hydrogens is 264 g/mol. The molecule has 4 nitrogen and oxygen atoms in total. The van der Waals surface area contributed by atoms with Crippen molar-refractivity contribution in [3.8, 4) is 24.3 Å². The van der Waals surface area contributed by atoms with Crippen molar-refractivity contribution in [3.63, 3.8) is 0 Å². The first kappa shape index (κ1) is 13.4. The average molecular weight is 268 g/mol. The molecule has 0 aliphatic heterocycles. The van der Waals surface area contributed by atoms with Crippen LogP contribution in [0.1, 0.15) is 20.9 Å². The fraction of sp³-hybridized carbons (Fsp3) is 0. The molecule has 0 radical (unpaired) electrons. The smallest absolute Gasteiger partial charge is 0.122 e. The van der Waals surface area contributed by atoms with Crippen molar-refractivity contribution in [2.75, 3.05) is 0 Å². The fourth-order valence-electron chi connectivity index (χ4n) is 0.937. The summed E-state index contributed by atoms with van der Waals surface area (Å²) in [6.07, 6.45) is 0. The van der Waals surface area contributed by atoms with Gasteiger partial charge in [-0.05, 0) is 17.5 Å². The number of nitrogens with zero attached hydrogens (tertiary/aromatic N) is 4. The zero-order chi connectivity index (χ0) is 13.4. The number of rotatable bonds is 0. The van der Waals surface area contributed by atoms with E-state index in [-0.39, 0.29) is 0 Å². The molecule has 0 aliphatic carbocycles. The Kier molecular flexibility index (Phi) is 5.10. The summed E-state index contributed by atoms with van der Waals surface area (Å²) < 4.78 is 0. The van der Waals surface area contributed by atoms with E-state index in [2.05, 4.69) is 0 Å². The predicted molar refractivity (Wildman–Crippen MR) is 67.5 cm³/mol. The molecule has 2 aromatic rings. The van der Waals surface area contributed by atoms with E-state index in [9.17, 15) is 0 Å². The molecule has 0 bridgehead atoms. The summed E-state index contributed by atoms with van der Waals surface area (Å²) in [5.74, 6) is 0. The summed E-state index contributed by atoms with van der Waals surface area (Å²) >= 11 is 2.58. The molecule has 0 saturated carbocycles. The van der Waals surface area contributed by atoms with E-state index in [4.69, 9.17) is 21.0 Å². The fourth-order valence-corrected chi connectivity index (χ4v) is 2.19. The van der Waals surface area contributed by atoms with Crippen LogP contribution in [-0.4, -0.2) is 0 Å². The second-order valence-electron chi connectivity index (χ2n) is 2.81. The number of hydrogen-bond donors (Lipinski definition) is 0. The van der Waals surface area contributed by atoms with Crippen LogP contribution in [0.2, 0.25) is 0 Å². The van der Waals surface area contributed by atoms with Gasteiger partial charge in [-0.2, -0.15) is 21.0 Å². The molecule has 0 aromatic carbocycles. The van der Waals surface area contributed by atoms with Crippen molar-refractivity contribution in [1.29, 1.82) is 21.0 Å². The van der Waals surface area contributed by atoms with Crippen molar-refractivity contribution in [3.05, 3.63) is 43.8 Å². The molecule has 18 heavy (non-hydrogen) atoms. The third-order valence-electron chi connectivity index (χ3n) is 1.73. The second-order valence-corrected chi connectivity index (χ2v) is 4.64.